The van der Waals surface area contributed by atoms with Gasteiger partial charge in [0.1, 0.15) is 23.8 Å². The number of hydrogen-bond acceptors (Lipinski definition) is 6. The van der Waals surface area contributed by atoms with Crippen LogP contribution in [0, 0.1) is 0 Å². The maximum Gasteiger partial charge on any atom is 0.320 e. The SMILES string of the molecule is NC1CCCCC1.NCCCC[C@H](N)C(=O)O.O=Cc1cccc(Oc2ccccc2)c1. The van der Waals surface area contributed by atoms with E-state index in [0.29, 0.717) is 30.3 Å². The van der Waals surface area contributed by atoms with Crippen LogP contribution in [-0.4, -0.2) is 36.0 Å². The van der Waals surface area contributed by atoms with Crippen LogP contribution in [0.3, 0.4) is 0 Å². The number of carbonyl (C=O) groups is 2. The summed E-state index contributed by atoms with van der Waals surface area (Å²) >= 11 is 0. The van der Waals surface area contributed by atoms with Crippen LogP contribution >= 0.6 is 0 Å². The number of carboxylic acid groups (broad SMARTS) is 1. The molecule has 0 unspecified atom stereocenters. The van der Waals surface area contributed by atoms with Crippen molar-refractivity contribution >= 4 is 12.3 Å². The molecule has 32 heavy (non-hydrogen) atoms. The van der Waals surface area contributed by atoms with Gasteiger partial charge in [-0.1, -0.05) is 56.0 Å². The molecular weight excluding hydrogens is 406 g/mol. The Morgan fingerprint density at radius 2 is 1.69 bits per heavy atom. The quantitative estimate of drug-likeness (QED) is 0.355. The Morgan fingerprint density at radius 1 is 1.03 bits per heavy atom. The summed E-state index contributed by atoms with van der Waals surface area (Å²) < 4.78 is 5.56. The van der Waals surface area contributed by atoms with Gasteiger partial charge in [0.2, 0.25) is 0 Å². The molecule has 0 bridgehead atoms. The first-order valence-electron chi connectivity index (χ1n) is 11.2. The van der Waals surface area contributed by atoms with Crippen molar-refractivity contribution in [3.8, 4) is 11.5 Å². The number of para-hydroxylation sites is 1. The van der Waals surface area contributed by atoms with E-state index in [1.165, 1.54) is 32.1 Å². The molecule has 0 heterocycles. The van der Waals surface area contributed by atoms with Crippen molar-refractivity contribution in [1.29, 1.82) is 0 Å². The molecule has 0 aromatic heterocycles. The minimum absolute atomic E-state index is 0.520. The molecule has 1 saturated carbocycles. The number of rotatable bonds is 8. The molecule has 2 aromatic carbocycles. The van der Waals surface area contributed by atoms with Gasteiger partial charge in [-0.15, -0.1) is 0 Å². The lowest BCUT2D eigenvalue weighted by Crippen LogP contribution is -2.29. The van der Waals surface area contributed by atoms with E-state index in [2.05, 4.69) is 0 Å². The van der Waals surface area contributed by atoms with Crippen molar-refractivity contribution < 1.29 is 19.4 Å². The number of carbonyl (C=O) groups excluding carboxylic acids is 1. The number of benzene rings is 2. The van der Waals surface area contributed by atoms with Gasteiger partial charge in [-0.2, -0.15) is 0 Å². The maximum atomic E-state index is 10.6. The lowest BCUT2D eigenvalue weighted by Gasteiger charge is -2.15. The number of carboxylic acids is 1. The van der Waals surface area contributed by atoms with Crippen molar-refractivity contribution in [1.82, 2.24) is 0 Å². The maximum absolute atomic E-state index is 10.6. The first-order chi connectivity index (χ1) is 15.5. The standard InChI is InChI=1S/C13H10O2.C6H14N2O2.C6H13N/c14-10-11-5-4-8-13(9-11)15-12-6-2-1-3-7-12;7-4-2-1-3-5(8)6(9)10;7-6-4-2-1-3-5-6/h1-10H;5H,1-4,7-8H2,(H,9,10);6H,1-5,7H2/t;5-;/m.0./s1. The molecule has 7 heteroatoms. The Labute approximate surface area is 190 Å². The largest absolute Gasteiger partial charge is 0.480 e. The van der Waals surface area contributed by atoms with Crippen molar-refractivity contribution in [2.75, 3.05) is 6.54 Å². The van der Waals surface area contributed by atoms with Gasteiger partial charge in [0.05, 0.1) is 0 Å². The van der Waals surface area contributed by atoms with Gasteiger partial charge in [0, 0.05) is 11.6 Å². The summed E-state index contributed by atoms with van der Waals surface area (Å²) in [5, 5.41) is 8.33. The molecule has 7 N–H and O–H groups in total. The average molecular weight is 444 g/mol. The third-order valence-corrected chi connectivity index (χ3v) is 4.91. The second kappa shape index (κ2) is 16.9. The lowest BCUT2D eigenvalue weighted by atomic mass is 9.97. The van der Waals surface area contributed by atoms with Crippen LogP contribution in [0.5, 0.6) is 11.5 Å². The normalized spacial score (nSPS) is 14.1. The Bertz CT molecular complexity index is 765. The number of aldehydes is 1. The van der Waals surface area contributed by atoms with Gasteiger partial charge in [-0.3, -0.25) is 9.59 Å². The number of nitrogens with two attached hydrogens (primary N) is 3. The second-order valence-corrected chi connectivity index (χ2v) is 7.73. The van der Waals surface area contributed by atoms with E-state index in [0.717, 1.165) is 24.9 Å². The molecule has 1 atom stereocenters. The highest BCUT2D eigenvalue weighted by molar-refractivity contribution is 5.75. The van der Waals surface area contributed by atoms with Crippen LogP contribution in [0.1, 0.15) is 61.7 Å². The summed E-state index contributed by atoms with van der Waals surface area (Å²) in [7, 11) is 0. The Morgan fingerprint density at radius 3 is 2.22 bits per heavy atom. The smallest absolute Gasteiger partial charge is 0.320 e. The van der Waals surface area contributed by atoms with E-state index in [1.807, 2.05) is 36.4 Å². The molecule has 1 aliphatic carbocycles. The van der Waals surface area contributed by atoms with E-state index < -0.39 is 12.0 Å². The molecule has 7 nitrogen and oxygen atoms in total. The average Bonchev–Trinajstić information content (AvgIpc) is 2.81. The summed E-state index contributed by atoms with van der Waals surface area (Å²) in [6, 6.07) is 16.3. The fourth-order valence-electron chi connectivity index (χ4n) is 3.04. The van der Waals surface area contributed by atoms with Gasteiger partial charge in [-0.25, -0.2) is 0 Å². The first kappa shape index (κ1) is 27.3. The highest BCUT2D eigenvalue weighted by Gasteiger charge is 2.09. The predicted octanol–water partition coefficient (Wildman–Crippen LogP) is 4.10. The van der Waals surface area contributed by atoms with Crippen LogP contribution in [0.2, 0.25) is 0 Å². The Hall–Kier alpha value is -2.74. The highest BCUT2D eigenvalue weighted by Crippen LogP contribution is 2.21. The van der Waals surface area contributed by atoms with Crippen molar-refractivity contribution in [3.05, 3.63) is 60.2 Å². The summed E-state index contributed by atoms with van der Waals surface area (Å²) in [6.45, 7) is 0.604. The van der Waals surface area contributed by atoms with Crippen LogP contribution in [0.15, 0.2) is 54.6 Å². The van der Waals surface area contributed by atoms with E-state index in [-0.39, 0.29) is 0 Å². The van der Waals surface area contributed by atoms with Crippen LogP contribution in [0.4, 0.5) is 0 Å². The zero-order chi connectivity index (χ0) is 23.6. The number of unbranched alkanes of at least 4 members (excludes halogenated alkanes) is 1. The molecular formula is C25H37N3O4. The van der Waals surface area contributed by atoms with E-state index in [9.17, 15) is 9.59 Å². The fraction of sp³-hybridized carbons (Fsp3) is 0.440. The predicted molar refractivity (Wildman–Crippen MR) is 128 cm³/mol. The zero-order valence-corrected chi connectivity index (χ0v) is 18.7. The number of hydrogen-bond donors (Lipinski definition) is 4. The van der Waals surface area contributed by atoms with Gasteiger partial charge in [-0.05, 0) is 56.5 Å². The molecule has 0 spiro atoms. The monoisotopic (exact) mass is 443 g/mol. The van der Waals surface area contributed by atoms with Crippen LogP contribution < -0.4 is 21.9 Å². The van der Waals surface area contributed by atoms with Gasteiger partial charge >= 0.3 is 5.97 Å². The third kappa shape index (κ3) is 12.8. The molecule has 1 aliphatic rings. The minimum Gasteiger partial charge on any atom is -0.480 e. The van der Waals surface area contributed by atoms with Crippen LogP contribution in [0.25, 0.3) is 0 Å². The first-order valence-corrected chi connectivity index (χ1v) is 11.2. The van der Waals surface area contributed by atoms with E-state index in [1.54, 1.807) is 18.2 Å². The minimum atomic E-state index is -0.933. The molecule has 2 aromatic rings. The summed E-state index contributed by atoms with van der Waals surface area (Å²) in [6.07, 6.45) is 9.63. The molecule has 1 fully saturated rings. The molecule has 3 rings (SSSR count). The Balaban J connectivity index is 0.000000261. The van der Waals surface area contributed by atoms with Gasteiger partial charge < -0.3 is 27.0 Å². The van der Waals surface area contributed by atoms with E-state index >= 15 is 0 Å². The summed E-state index contributed by atoms with van der Waals surface area (Å²) in [5.74, 6) is 0.503. The van der Waals surface area contributed by atoms with Crippen molar-refractivity contribution in [2.45, 2.75) is 63.5 Å². The highest BCUT2D eigenvalue weighted by atomic mass is 16.5. The zero-order valence-electron chi connectivity index (χ0n) is 18.7. The third-order valence-electron chi connectivity index (χ3n) is 4.91. The molecule has 0 aliphatic heterocycles. The Kier molecular flexibility index (Phi) is 14.4. The number of aliphatic carboxylic acids is 1. The molecule has 0 saturated heterocycles. The second-order valence-electron chi connectivity index (χ2n) is 7.73. The van der Waals surface area contributed by atoms with E-state index in [4.69, 9.17) is 27.0 Å². The van der Waals surface area contributed by atoms with Crippen LogP contribution in [-0.2, 0) is 4.79 Å². The lowest BCUT2D eigenvalue weighted by molar-refractivity contribution is -0.138. The molecule has 176 valence electrons. The van der Waals surface area contributed by atoms with Gasteiger partial charge in [0.15, 0.2) is 0 Å². The van der Waals surface area contributed by atoms with Crippen molar-refractivity contribution in [3.63, 3.8) is 0 Å². The molecule has 0 amide bonds. The molecule has 0 radical (unpaired) electrons. The topological polar surface area (TPSA) is 142 Å². The summed E-state index contributed by atoms with van der Waals surface area (Å²) in [5.41, 5.74) is 16.7. The number of ether oxygens (including phenoxy) is 1. The van der Waals surface area contributed by atoms with Gasteiger partial charge in [0.25, 0.3) is 0 Å². The fourth-order valence-corrected chi connectivity index (χ4v) is 3.04. The summed E-state index contributed by atoms with van der Waals surface area (Å²) in [4.78, 5) is 20.7. The van der Waals surface area contributed by atoms with Crippen molar-refractivity contribution in [2.24, 2.45) is 17.2 Å².